The molecule has 5 heteroatoms. The van der Waals surface area contributed by atoms with Gasteiger partial charge in [-0.2, -0.15) is 0 Å². The van der Waals surface area contributed by atoms with Gasteiger partial charge in [0.15, 0.2) is 0 Å². The van der Waals surface area contributed by atoms with Crippen LogP contribution >= 0.6 is 27.3 Å². The fourth-order valence-electron chi connectivity index (χ4n) is 1.51. The SMILES string of the molecule is CC(=O)CCc1csc(-c2cc(Br)ccc2F)n1. The van der Waals surface area contributed by atoms with Gasteiger partial charge in [-0.1, -0.05) is 15.9 Å². The number of carbonyl (C=O) groups is 1. The summed E-state index contributed by atoms with van der Waals surface area (Å²) in [6.07, 6.45) is 1.09. The maximum absolute atomic E-state index is 13.7. The molecular formula is C13H11BrFNOS. The maximum atomic E-state index is 13.7. The van der Waals surface area contributed by atoms with Crippen molar-refractivity contribution in [3.8, 4) is 10.6 Å². The largest absolute Gasteiger partial charge is 0.300 e. The molecule has 0 fully saturated rings. The predicted octanol–water partition coefficient (Wildman–Crippen LogP) is 4.23. The molecule has 0 aliphatic heterocycles. The zero-order chi connectivity index (χ0) is 13.1. The normalized spacial score (nSPS) is 10.6. The number of aromatic nitrogens is 1. The molecule has 1 aromatic heterocycles. The first kappa shape index (κ1) is 13.4. The van der Waals surface area contributed by atoms with Crippen LogP contribution in [-0.2, 0) is 11.2 Å². The van der Waals surface area contributed by atoms with Gasteiger partial charge in [0.1, 0.15) is 16.6 Å². The van der Waals surface area contributed by atoms with Crippen LogP contribution in [0.3, 0.4) is 0 Å². The van der Waals surface area contributed by atoms with Crippen LogP contribution in [0, 0.1) is 5.82 Å². The molecule has 0 saturated carbocycles. The molecule has 0 amide bonds. The van der Waals surface area contributed by atoms with Crippen LogP contribution in [0.5, 0.6) is 0 Å². The highest BCUT2D eigenvalue weighted by Gasteiger charge is 2.10. The van der Waals surface area contributed by atoms with Crippen molar-refractivity contribution in [1.29, 1.82) is 0 Å². The van der Waals surface area contributed by atoms with Crippen molar-refractivity contribution in [2.75, 3.05) is 0 Å². The number of hydrogen-bond donors (Lipinski definition) is 0. The molecule has 0 aliphatic rings. The number of thiazole rings is 1. The number of nitrogens with zero attached hydrogens (tertiary/aromatic N) is 1. The molecule has 0 atom stereocenters. The average Bonchev–Trinajstić information content (AvgIpc) is 2.78. The standard InChI is InChI=1S/C13H11BrFNOS/c1-8(17)2-4-10-7-18-13(16-10)11-6-9(14)3-5-12(11)15/h3,5-7H,2,4H2,1H3. The van der Waals surface area contributed by atoms with Crippen LogP contribution in [0.15, 0.2) is 28.1 Å². The van der Waals surface area contributed by atoms with Crippen molar-refractivity contribution in [3.63, 3.8) is 0 Å². The number of aryl methyl sites for hydroxylation is 1. The van der Waals surface area contributed by atoms with Crippen molar-refractivity contribution in [1.82, 2.24) is 4.98 Å². The summed E-state index contributed by atoms with van der Waals surface area (Å²) in [6, 6.07) is 4.78. The molecule has 0 spiro atoms. The smallest absolute Gasteiger partial charge is 0.133 e. The third-order valence-electron chi connectivity index (χ3n) is 2.44. The molecule has 0 aliphatic carbocycles. The molecule has 2 nitrogen and oxygen atoms in total. The van der Waals surface area contributed by atoms with Gasteiger partial charge >= 0.3 is 0 Å². The molecule has 18 heavy (non-hydrogen) atoms. The Morgan fingerprint density at radius 2 is 2.28 bits per heavy atom. The third kappa shape index (κ3) is 3.23. The fraction of sp³-hybridized carbons (Fsp3) is 0.231. The van der Waals surface area contributed by atoms with Gasteiger partial charge in [0.25, 0.3) is 0 Å². The molecule has 0 unspecified atom stereocenters. The van der Waals surface area contributed by atoms with Gasteiger partial charge < -0.3 is 4.79 Å². The molecule has 0 bridgehead atoms. The molecule has 1 heterocycles. The van der Waals surface area contributed by atoms with Gasteiger partial charge in [-0.3, -0.25) is 0 Å². The van der Waals surface area contributed by atoms with Gasteiger partial charge in [0, 0.05) is 21.8 Å². The van der Waals surface area contributed by atoms with Gasteiger partial charge in [0.2, 0.25) is 0 Å². The molecular weight excluding hydrogens is 317 g/mol. The van der Waals surface area contributed by atoms with Gasteiger partial charge in [-0.05, 0) is 31.5 Å². The Morgan fingerprint density at radius 3 is 3.00 bits per heavy atom. The zero-order valence-electron chi connectivity index (χ0n) is 9.74. The Morgan fingerprint density at radius 1 is 1.50 bits per heavy atom. The average molecular weight is 328 g/mol. The topological polar surface area (TPSA) is 30.0 Å². The molecule has 0 saturated heterocycles. The van der Waals surface area contributed by atoms with E-state index in [0.717, 1.165) is 10.2 Å². The lowest BCUT2D eigenvalue weighted by Crippen LogP contribution is -1.94. The minimum atomic E-state index is -0.286. The second-order valence-electron chi connectivity index (χ2n) is 3.97. The van der Waals surface area contributed by atoms with E-state index in [1.165, 1.54) is 17.4 Å². The van der Waals surface area contributed by atoms with Gasteiger partial charge in [0.05, 0.1) is 5.69 Å². The highest BCUT2D eigenvalue weighted by atomic mass is 79.9. The summed E-state index contributed by atoms with van der Waals surface area (Å²) in [5, 5.41) is 2.52. The van der Waals surface area contributed by atoms with Crippen molar-refractivity contribution >= 4 is 33.0 Å². The summed E-state index contributed by atoms with van der Waals surface area (Å²) in [5.41, 5.74) is 1.33. The van der Waals surface area contributed by atoms with E-state index < -0.39 is 0 Å². The van der Waals surface area contributed by atoms with E-state index in [4.69, 9.17) is 0 Å². The maximum Gasteiger partial charge on any atom is 0.133 e. The number of halogens is 2. The predicted molar refractivity (Wildman–Crippen MR) is 74.2 cm³/mol. The molecule has 1 aromatic carbocycles. The van der Waals surface area contributed by atoms with Crippen molar-refractivity contribution in [2.45, 2.75) is 19.8 Å². The number of rotatable bonds is 4. The summed E-state index contributed by atoms with van der Waals surface area (Å²) in [6.45, 7) is 1.56. The Hall–Kier alpha value is -1.07. The molecule has 0 radical (unpaired) electrons. The van der Waals surface area contributed by atoms with Gasteiger partial charge in [-0.25, -0.2) is 9.37 Å². The fourth-order valence-corrected chi connectivity index (χ4v) is 2.74. The van der Waals surface area contributed by atoms with Crippen molar-refractivity contribution in [2.24, 2.45) is 0 Å². The van der Waals surface area contributed by atoms with E-state index >= 15 is 0 Å². The van der Waals surface area contributed by atoms with Crippen molar-refractivity contribution < 1.29 is 9.18 Å². The number of Topliss-reactive ketones (excluding diaryl/α,β-unsaturated/α-hetero) is 1. The number of ketones is 1. The Bertz CT molecular complexity index is 582. The first-order valence-electron chi connectivity index (χ1n) is 5.45. The lowest BCUT2D eigenvalue weighted by atomic mass is 10.2. The zero-order valence-corrected chi connectivity index (χ0v) is 12.1. The van der Waals surface area contributed by atoms with E-state index in [2.05, 4.69) is 20.9 Å². The molecule has 94 valence electrons. The first-order valence-corrected chi connectivity index (χ1v) is 7.13. The lowest BCUT2D eigenvalue weighted by Gasteiger charge is -1.99. The monoisotopic (exact) mass is 327 g/mol. The lowest BCUT2D eigenvalue weighted by molar-refractivity contribution is -0.116. The van der Waals surface area contributed by atoms with E-state index in [1.54, 1.807) is 19.1 Å². The number of benzene rings is 1. The van der Waals surface area contributed by atoms with E-state index in [9.17, 15) is 9.18 Å². The van der Waals surface area contributed by atoms with Crippen LogP contribution in [0.25, 0.3) is 10.6 Å². The third-order valence-corrected chi connectivity index (χ3v) is 3.86. The Balaban J connectivity index is 2.23. The highest BCUT2D eigenvalue weighted by Crippen LogP contribution is 2.29. The van der Waals surface area contributed by atoms with Crippen LogP contribution in [0.2, 0.25) is 0 Å². The first-order chi connectivity index (χ1) is 8.56. The van der Waals surface area contributed by atoms with Crippen molar-refractivity contribution in [3.05, 3.63) is 39.6 Å². The van der Waals surface area contributed by atoms with E-state index in [-0.39, 0.29) is 11.6 Å². The summed E-state index contributed by atoms with van der Waals surface area (Å²) >= 11 is 4.71. The van der Waals surface area contributed by atoms with E-state index in [0.29, 0.717) is 23.4 Å². The van der Waals surface area contributed by atoms with E-state index in [1.807, 2.05) is 5.38 Å². The molecule has 2 rings (SSSR count). The summed E-state index contributed by atoms with van der Waals surface area (Å²) in [5.74, 6) is -0.149. The minimum Gasteiger partial charge on any atom is -0.300 e. The van der Waals surface area contributed by atoms with Crippen LogP contribution in [0.4, 0.5) is 4.39 Å². The second-order valence-corrected chi connectivity index (χ2v) is 5.74. The quantitative estimate of drug-likeness (QED) is 0.840. The molecule has 2 aromatic rings. The van der Waals surface area contributed by atoms with Crippen LogP contribution in [-0.4, -0.2) is 10.8 Å². The molecule has 0 N–H and O–H groups in total. The van der Waals surface area contributed by atoms with Crippen LogP contribution in [0.1, 0.15) is 19.0 Å². The Labute approximate surface area is 117 Å². The summed E-state index contributed by atoms with van der Waals surface area (Å²) in [7, 11) is 0. The Kier molecular flexibility index (Phi) is 4.24. The van der Waals surface area contributed by atoms with Crippen LogP contribution < -0.4 is 0 Å². The number of carbonyl (C=O) groups excluding carboxylic acids is 1. The minimum absolute atomic E-state index is 0.137. The highest BCUT2D eigenvalue weighted by molar-refractivity contribution is 9.10. The number of hydrogen-bond acceptors (Lipinski definition) is 3. The summed E-state index contributed by atoms with van der Waals surface area (Å²) in [4.78, 5) is 15.3. The second kappa shape index (κ2) is 5.71. The van der Waals surface area contributed by atoms with Gasteiger partial charge in [-0.15, -0.1) is 11.3 Å². The summed E-state index contributed by atoms with van der Waals surface area (Å²) < 4.78 is 14.5.